The number of aliphatic imine (C=N–C) groups is 1. The van der Waals surface area contributed by atoms with Crippen LogP contribution in [0.25, 0.3) is 0 Å². The van der Waals surface area contributed by atoms with E-state index in [0.29, 0.717) is 0 Å². The van der Waals surface area contributed by atoms with E-state index in [-0.39, 0.29) is 0 Å². The van der Waals surface area contributed by atoms with E-state index < -0.39 is 0 Å². The van der Waals surface area contributed by atoms with E-state index in [1.165, 1.54) is 0 Å². The molecule has 0 aliphatic rings. The Balaban J connectivity index is 2.92. The fourth-order valence-electron chi connectivity index (χ4n) is 0.828. The lowest BCUT2D eigenvalue weighted by atomic mass is 10.3. The average molecular weight is 166 g/mol. The Hall–Kier alpha value is -0.830. The fourth-order valence-corrected chi connectivity index (χ4v) is 1.37. The number of nitrogens with zero attached hydrogens (tertiary/aromatic N) is 2. The fraction of sp³-hybridized carbons (Fsp3) is 0.250. The Kier molecular flexibility index (Phi) is 3.11. The SMILES string of the molecule is CN=C(SC)c1cccnc1. The average Bonchev–Trinajstić information content (AvgIpc) is 2.09. The summed E-state index contributed by atoms with van der Waals surface area (Å²) in [6.07, 6.45) is 5.59. The molecular weight excluding hydrogens is 156 g/mol. The van der Waals surface area contributed by atoms with Crippen LogP contribution in [0.3, 0.4) is 0 Å². The Morgan fingerprint density at radius 1 is 1.64 bits per heavy atom. The topological polar surface area (TPSA) is 25.2 Å². The molecule has 0 spiro atoms. The zero-order valence-corrected chi connectivity index (χ0v) is 7.43. The second kappa shape index (κ2) is 4.13. The van der Waals surface area contributed by atoms with Crippen molar-refractivity contribution in [2.75, 3.05) is 13.3 Å². The summed E-state index contributed by atoms with van der Waals surface area (Å²) in [5, 5.41) is 1.03. The van der Waals surface area contributed by atoms with E-state index in [1.807, 2.05) is 24.6 Å². The second-order valence-corrected chi connectivity index (χ2v) is 2.77. The van der Waals surface area contributed by atoms with Crippen LogP contribution in [0.5, 0.6) is 0 Å². The van der Waals surface area contributed by atoms with Crippen molar-refractivity contribution in [3.05, 3.63) is 30.1 Å². The molecule has 0 atom stereocenters. The van der Waals surface area contributed by atoms with Gasteiger partial charge in [0.25, 0.3) is 0 Å². The van der Waals surface area contributed by atoms with Crippen molar-refractivity contribution in [3.8, 4) is 0 Å². The Labute approximate surface area is 70.8 Å². The molecule has 0 amide bonds. The molecule has 0 bridgehead atoms. The van der Waals surface area contributed by atoms with E-state index in [9.17, 15) is 0 Å². The molecule has 0 unspecified atom stereocenters. The van der Waals surface area contributed by atoms with Crippen molar-refractivity contribution >= 4 is 16.8 Å². The zero-order chi connectivity index (χ0) is 8.10. The molecule has 0 aliphatic heterocycles. The summed E-state index contributed by atoms with van der Waals surface area (Å²) in [4.78, 5) is 8.12. The highest BCUT2D eigenvalue weighted by Crippen LogP contribution is 2.08. The minimum absolute atomic E-state index is 1.03. The number of aromatic nitrogens is 1. The zero-order valence-electron chi connectivity index (χ0n) is 6.61. The van der Waals surface area contributed by atoms with Gasteiger partial charge in [0.1, 0.15) is 0 Å². The van der Waals surface area contributed by atoms with E-state index >= 15 is 0 Å². The lowest BCUT2D eigenvalue weighted by Crippen LogP contribution is -1.93. The van der Waals surface area contributed by atoms with Crippen LogP contribution < -0.4 is 0 Å². The first-order valence-electron chi connectivity index (χ1n) is 3.29. The lowest BCUT2D eigenvalue weighted by molar-refractivity contribution is 1.31. The monoisotopic (exact) mass is 166 g/mol. The molecule has 0 aliphatic carbocycles. The molecule has 0 saturated carbocycles. The van der Waals surface area contributed by atoms with Crippen LogP contribution in [0.15, 0.2) is 29.5 Å². The van der Waals surface area contributed by atoms with Crippen LogP contribution in [0, 0.1) is 0 Å². The van der Waals surface area contributed by atoms with Gasteiger partial charge in [-0.1, -0.05) is 0 Å². The van der Waals surface area contributed by atoms with Gasteiger partial charge in [-0.15, -0.1) is 11.8 Å². The van der Waals surface area contributed by atoms with Crippen LogP contribution in [0.2, 0.25) is 0 Å². The van der Waals surface area contributed by atoms with Crippen LogP contribution in [-0.4, -0.2) is 23.3 Å². The van der Waals surface area contributed by atoms with Gasteiger partial charge < -0.3 is 0 Å². The molecule has 0 N–H and O–H groups in total. The molecule has 11 heavy (non-hydrogen) atoms. The summed E-state index contributed by atoms with van der Waals surface area (Å²) < 4.78 is 0. The maximum atomic E-state index is 4.12. The highest BCUT2D eigenvalue weighted by Gasteiger charge is 1.97. The minimum Gasteiger partial charge on any atom is -0.281 e. The van der Waals surface area contributed by atoms with Gasteiger partial charge in [0.05, 0.1) is 5.04 Å². The van der Waals surface area contributed by atoms with Gasteiger partial charge in [-0.25, -0.2) is 0 Å². The highest BCUT2D eigenvalue weighted by atomic mass is 32.2. The van der Waals surface area contributed by atoms with Crippen molar-refractivity contribution in [1.82, 2.24) is 4.98 Å². The van der Waals surface area contributed by atoms with Crippen molar-refractivity contribution in [2.24, 2.45) is 4.99 Å². The lowest BCUT2D eigenvalue weighted by Gasteiger charge is -1.98. The van der Waals surface area contributed by atoms with Crippen molar-refractivity contribution in [1.29, 1.82) is 0 Å². The maximum Gasteiger partial charge on any atom is 0.0986 e. The minimum atomic E-state index is 1.03. The Bertz CT molecular complexity index is 244. The van der Waals surface area contributed by atoms with Crippen molar-refractivity contribution < 1.29 is 0 Å². The Morgan fingerprint density at radius 2 is 2.45 bits per heavy atom. The van der Waals surface area contributed by atoms with Gasteiger partial charge >= 0.3 is 0 Å². The van der Waals surface area contributed by atoms with E-state index in [2.05, 4.69) is 9.98 Å². The largest absolute Gasteiger partial charge is 0.281 e. The normalized spacial score (nSPS) is 11.6. The number of hydrogen-bond donors (Lipinski definition) is 0. The summed E-state index contributed by atoms with van der Waals surface area (Å²) in [6.45, 7) is 0. The molecule has 0 radical (unpaired) electrons. The quantitative estimate of drug-likeness (QED) is 0.469. The number of hydrogen-bond acceptors (Lipinski definition) is 3. The standard InChI is InChI=1S/C8H10N2S/c1-9-8(11-2)7-4-3-5-10-6-7/h3-6H,1-2H3. The first-order valence-corrected chi connectivity index (χ1v) is 4.52. The third-order valence-corrected chi connectivity index (χ3v) is 2.11. The van der Waals surface area contributed by atoms with Crippen LogP contribution in [0.1, 0.15) is 5.56 Å². The molecule has 2 nitrogen and oxygen atoms in total. The molecule has 3 heteroatoms. The molecule has 0 saturated heterocycles. The van der Waals surface area contributed by atoms with Gasteiger partial charge in [0.15, 0.2) is 0 Å². The molecule has 0 fully saturated rings. The third kappa shape index (κ3) is 2.05. The second-order valence-electron chi connectivity index (χ2n) is 1.97. The molecular formula is C8H10N2S. The summed E-state index contributed by atoms with van der Waals surface area (Å²) in [5.74, 6) is 0. The van der Waals surface area contributed by atoms with E-state index in [0.717, 1.165) is 10.6 Å². The van der Waals surface area contributed by atoms with Gasteiger partial charge in [0.2, 0.25) is 0 Å². The molecule has 1 rings (SSSR count). The summed E-state index contributed by atoms with van der Waals surface area (Å²) >= 11 is 1.63. The number of rotatable bonds is 1. The summed E-state index contributed by atoms with van der Waals surface area (Å²) in [7, 11) is 1.79. The first kappa shape index (κ1) is 8.27. The summed E-state index contributed by atoms with van der Waals surface area (Å²) in [6, 6.07) is 3.92. The molecule has 0 aromatic carbocycles. The Morgan fingerprint density at radius 3 is 2.91 bits per heavy atom. The number of thioether (sulfide) groups is 1. The maximum absolute atomic E-state index is 4.12. The van der Waals surface area contributed by atoms with Gasteiger partial charge in [0, 0.05) is 25.0 Å². The van der Waals surface area contributed by atoms with Crippen LogP contribution >= 0.6 is 11.8 Å². The van der Waals surface area contributed by atoms with Crippen LogP contribution in [-0.2, 0) is 0 Å². The van der Waals surface area contributed by atoms with E-state index in [1.54, 1.807) is 25.0 Å². The smallest absolute Gasteiger partial charge is 0.0986 e. The molecule has 1 aromatic heterocycles. The van der Waals surface area contributed by atoms with E-state index in [4.69, 9.17) is 0 Å². The summed E-state index contributed by atoms with van der Waals surface area (Å²) in [5.41, 5.74) is 1.09. The van der Waals surface area contributed by atoms with Crippen molar-refractivity contribution in [3.63, 3.8) is 0 Å². The van der Waals surface area contributed by atoms with Gasteiger partial charge in [-0.2, -0.15) is 0 Å². The first-order chi connectivity index (χ1) is 5.38. The predicted molar refractivity (Wildman–Crippen MR) is 50.2 cm³/mol. The molecule has 1 aromatic rings. The molecule has 1 heterocycles. The molecule has 58 valence electrons. The van der Waals surface area contributed by atoms with Crippen molar-refractivity contribution in [2.45, 2.75) is 0 Å². The predicted octanol–water partition coefficient (Wildman–Crippen LogP) is 1.82. The van der Waals surface area contributed by atoms with Crippen LogP contribution in [0.4, 0.5) is 0 Å². The van der Waals surface area contributed by atoms with Gasteiger partial charge in [-0.05, 0) is 18.4 Å². The number of pyridine rings is 1. The van der Waals surface area contributed by atoms with Gasteiger partial charge in [-0.3, -0.25) is 9.98 Å². The third-order valence-electron chi connectivity index (χ3n) is 1.30. The highest BCUT2D eigenvalue weighted by molar-refractivity contribution is 8.13.